The van der Waals surface area contributed by atoms with Gasteiger partial charge in [-0.2, -0.15) is 0 Å². The average Bonchev–Trinajstić information content (AvgIpc) is 2.83. The molecular formula is C19H22O7. The maximum Gasteiger partial charge on any atom is 0.338 e. The summed E-state index contributed by atoms with van der Waals surface area (Å²) in [5.41, 5.74) is 1.69. The number of allylic oxidation sites excluding steroid dienone is 1. The molecule has 2 unspecified atom stereocenters. The molecule has 7 heteroatoms. The van der Waals surface area contributed by atoms with Crippen molar-refractivity contribution >= 4 is 23.7 Å². The summed E-state index contributed by atoms with van der Waals surface area (Å²) < 4.78 is 15.7. The molecule has 0 bridgehead atoms. The van der Waals surface area contributed by atoms with Crippen molar-refractivity contribution in [3.63, 3.8) is 0 Å². The predicted molar refractivity (Wildman–Crippen MR) is 90.8 cm³/mol. The van der Waals surface area contributed by atoms with E-state index in [2.05, 4.69) is 6.58 Å². The molecule has 140 valence electrons. The lowest BCUT2D eigenvalue weighted by Crippen LogP contribution is -2.28. The van der Waals surface area contributed by atoms with Crippen LogP contribution in [0.15, 0.2) is 34.9 Å². The van der Waals surface area contributed by atoms with Gasteiger partial charge >= 0.3 is 17.9 Å². The van der Waals surface area contributed by atoms with Crippen molar-refractivity contribution in [1.82, 2.24) is 0 Å². The normalized spacial score (nSPS) is 23.8. The Balaban J connectivity index is 2.53. The summed E-state index contributed by atoms with van der Waals surface area (Å²) in [6.45, 7) is 7.80. The molecule has 2 rings (SSSR count). The molecule has 0 aromatic carbocycles. The molecule has 0 radical (unpaired) electrons. The Bertz CT molecular complexity index is 726. The SMILES string of the molecule is C=C1CC(OC(C)=O)C2=C(COC(C)=O)C(=O)OC2C=C(C)CCC1=O. The second-order valence-corrected chi connectivity index (χ2v) is 6.38. The zero-order valence-electron chi connectivity index (χ0n) is 15.1. The third-order valence-corrected chi connectivity index (χ3v) is 4.22. The van der Waals surface area contributed by atoms with Crippen LogP contribution in [-0.2, 0) is 33.4 Å². The molecule has 0 amide bonds. The predicted octanol–water partition coefficient (Wildman–Crippen LogP) is 1.96. The molecule has 0 saturated heterocycles. The molecule has 0 fully saturated rings. The molecule has 1 aliphatic carbocycles. The number of Topliss-reactive ketones (excluding diaryl/α,β-unsaturated/α-hetero) is 1. The first-order chi connectivity index (χ1) is 12.2. The van der Waals surface area contributed by atoms with Gasteiger partial charge in [-0.15, -0.1) is 0 Å². The third kappa shape index (κ3) is 4.68. The molecule has 0 N–H and O–H groups in total. The summed E-state index contributed by atoms with van der Waals surface area (Å²) in [7, 11) is 0. The Labute approximate surface area is 151 Å². The lowest BCUT2D eigenvalue weighted by Gasteiger charge is -2.24. The molecule has 1 heterocycles. The van der Waals surface area contributed by atoms with Crippen LogP contribution in [0, 0.1) is 0 Å². The van der Waals surface area contributed by atoms with Crippen LogP contribution in [0.4, 0.5) is 0 Å². The van der Waals surface area contributed by atoms with Crippen LogP contribution in [0.1, 0.15) is 40.0 Å². The van der Waals surface area contributed by atoms with Crippen molar-refractivity contribution in [2.24, 2.45) is 0 Å². The van der Waals surface area contributed by atoms with Crippen LogP contribution in [0.5, 0.6) is 0 Å². The number of hydrogen-bond acceptors (Lipinski definition) is 7. The van der Waals surface area contributed by atoms with Crippen molar-refractivity contribution in [3.8, 4) is 0 Å². The minimum Gasteiger partial charge on any atom is -0.461 e. The van der Waals surface area contributed by atoms with Crippen LogP contribution in [0.3, 0.4) is 0 Å². The van der Waals surface area contributed by atoms with E-state index in [1.54, 1.807) is 6.08 Å². The van der Waals surface area contributed by atoms with E-state index in [0.717, 1.165) is 5.57 Å². The number of hydrogen-bond donors (Lipinski definition) is 0. The van der Waals surface area contributed by atoms with E-state index in [1.165, 1.54) is 13.8 Å². The summed E-state index contributed by atoms with van der Waals surface area (Å²) in [6.07, 6.45) is 0.944. The van der Waals surface area contributed by atoms with Crippen molar-refractivity contribution in [2.75, 3.05) is 6.61 Å². The van der Waals surface area contributed by atoms with Gasteiger partial charge in [0, 0.05) is 32.3 Å². The minimum absolute atomic E-state index is 0.0529. The first-order valence-electron chi connectivity index (χ1n) is 8.31. The zero-order valence-corrected chi connectivity index (χ0v) is 15.1. The van der Waals surface area contributed by atoms with Gasteiger partial charge in [0.05, 0.1) is 5.57 Å². The maximum atomic E-state index is 12.3. The summed E-state index contributed by atoms with van der Waals surface area (Å²) in [6, 6.07) is 0. The number of esters is 3. The molecule has 0 aromatic rings. The zero-order chi connectivity index (χ0) is 19.4. The standard InChI is InChI=1S/C19H22O7/c1-10-5-6-15(22)11(2)8-17(25-13(4)21)18-14(9-24-12(3)20)19(23)26-16(18)7-10/h7,16-17H,2,5-6,8-9H2,1,3-4H3. The van der Waals surface area contributed by atoms with Crippen LogP contribution in [0.2, 0.25) is 0 Å². The van der Waals surface area contributed by atoms with E-state index in [0.29, 0.717) is 17.6 Å². The molecular weight excluding hydrogens is 340 g/mol. The van der Waals surface area contributed by atoms with Crippen LogP contribution in [-0.4, -0.2) is 42.5 Å². The van der Waals surface area contributed by atoms with Gasteiger partial charge in [0.25, 0.3) is 0 Å². The fourth-order valence-corrected chi connectivity index (χ4v) is 2.94. The fourth-order valence-electron chi connectivity index (χ4n) is 2.94. The summed E-state index contributed by atoms with van der Waals surface area (Å²) in [5, 5.41) is 0. The maximum absolute atomic E-state index is 12.3. The molecule has 7 nitrogen and oxygen atoms in total. The second kappa shape index (κ2) is 8.12. The van der Waals surface area contributed by atoms with Gasteiger partial charge < -0.3 is 14.2 Å². The van der Waals surface area contributed by atoms with Gasteiger partial charge in [0.15, 0.2) is 5.78 Å². The van der Waals surface area contributed by atoms with Crippen molar-refractivity contribution in [1.29, 1.82) is 0 Å². The smallest absolute Gasteiger partial charge is 0.338 e. The molecule has 2 aliphatic rings. The highest BCUT2D eigenvalue weighted by Crippen LogP contribution is 2.33. The van der Waals surface area contributed by atoms with Crippen molar-refractivity contribution in [2.45, 2.75) is 52.2 Å². The Morgan fingerprint density at radius 1 is 1.23 bits per heavy atom. The molecule has 1 aliphatic heterocycles. The highest BCUT2D eigenvalue weighted by atomic mass is 16.6. The minimum atomic E-state index is -0.895. The number of fused-ring (bicyclic) bond motifs is 1. The van der Waals surface area contributed by atoms with E-state index < -0.39 is 30.1 Å². The fraction of sp³-hybridized carbons (Fsp3) is 0.474. The van der Waals surface area contributed by atoms with Gasteiger partial charge in [0.2, 0.25) is 0 Å². The average molecular weight is 362 g/mol. The summed E-state index contributed by atoms with van der Waals surface area (Å²) >= 11 is 0. The van der Waals surface area contributed by atoms with E-state index >= 15 is 0 Å². The van der Waals surface area contributed by atoms with Gasteiger partial charge in [-0.25, -0.2) is 4.79 Å². The molecule has 2 atom stereocenters. The third-order valence-electron chi connectivity index (χ3n) is 4.22. The molecule has 0 saturated carbocycles. The van der Waals surface area contributed by atoms with Gasteiger partial charge in [0.1, 0.15) is 18.8 Å². The van der Waals surface area contributed by atoms with Gasteiger partial charge in [-0.1, -0.05) is 12.2 Å². The van der Waals surface area contributed by atoms with Crippen LogP contribution in [0.25, 0.3) is 0 Å². The Hall–Kier alpha value is -2.70. The highest BCUT2D eigenvalue weighted by Gasteiger charge is 2.40. The van der Waals surface area contributed by atoms with Gasteiger partial charge in [-0.3, -0.25) is 14.4 Å². The Morgan fingerprint density at radius 3 is 2.54 bits per heavy atom. The van der Waals surface area contributed by atoms with Crippen LogP contribution < -0.4 is 0 Å². The summed E-state index contributed by atoms with van der Waals surface area (Å²) in [5.74, 6) is -1.88. The topological polar surface area (TPSA) is 96.0 Å². The van der Waals surface area contributed by atoms with Crippen molar-refractivity contribution in [3.05, 3.63) is 34.9 Å². The number of carbonyl (C=O) groups excluding carboxylic acids is 4. The summed E-state index contributed by atoms with van der Waals surface area (Å²) in [4.78, 5) is 47.2. The Kier molecular flexibility index (Phi) is 6.13. The van der Waals surface area contributed by atoms with E-state index in [9.17, 15) is 19.2 Å². The lowest BCUT2D eigenvalue weighted by atomic mass is 9.89. The van der Waals surface area contributed by atoms with Crippen molar-refractivity contribution < 1.29 is 33.4 Å². The monoisotopic (exact) mass is 362 g/mol. The number of ether oxygens (including phenoxy) is 3. The second-order valence-electron chi connectivity index (χ2n) is 6.38. The number of carbonyl (C=O) groups is 4. The first kappa shape index (κ1) is 19.6. The number of rotatable bonds is 3. The quantitative estimate of drug-likeness (QED) is 0.328. The first-order valence-corrected chi connectivity index (χ1v) is 8.31. The van der Waals surface area contributed by atoms with Crippen LogP contribution >= 0.6 is 0 Å². The van der Waals surface area contributed by atoms with Gasteiger partial charge in [-0.05, 0) is 25.0 Å². The molecule has 0 spiro atoms. The van der Waals surface area contributed by atoms with E-state index in [4.69, 9.17) is 14.2 Å². The largest absolute Gasteiger partial charge is 0.461 e. The van der Waals surface area contributed by atoms with E-state index in [1.807, 2.05) is 6.92 Å². The van der Waals surface area contributed by atoms with E-state index in [-0.39, 0.29) is 30.8 Å². The lowest BCUT2D eigenvalue weighted by molar-refractivity contribution is -0.145. The molecule has 26 heavy (non-hydrogen) atoms. The molecule has 0 aromatic heterocycles. The highest BCUT2D eigenvalue weighted by molar-refractivity contribution is 5.96. The Morgan fingerprint density at radius 2 is 1.92 bits per heavy atom. The number of ketones is 1.